The molecule has 0 spiro atoms. The fourth-order valence-electron chi connectivity index (χ4n) is 1.12. The van der Waals surface area contributed by atoms with Crippen molar-refractivity contribution < 1.29 is 5.11 Å². The molecule has 4 nitrogen and oxygen atoms in total. The highest BCUT2D eigenvalue weighted by Gasteiger charge is 2.25. The van der Waals surface area contributed by atoms with Crippen molar-refractivity contribution in [1.82, 2.24) is 4.98 Å². The first-order chi connectivity index (χ1) is 6.88. The molecule has 0 saturated carbocycles. The molecule has 0 aromatic carbocycles. The molecule has 1 heterocycles. The summed E-state index contributed by atoms with van der Waals surface area (Å²) in [4.78, 5) is 5.98. The highest BCUT2D eigenvalue weighted by Crippen LogP contribution is 2.27. The van der Waals surface area contributed by atoms with Gasteiger partial charge in [0.2, 0.25) is 0 Å². The number of nitrogens with zero attached hydrogens (tertiary/aromatic N) is 2. The van der Waals surface area contributed by atoms with E-state index in [0.717, 1.165) is 0 Å². The van der Waals surface area contributed by atoms with Crippen LogP contribution >= 0.6 is 11.6 Å². The second-order valence-corrected chi connectivity index (χ2v) is 4.53. The number of hydrogen-bond acceptors (Lipinski definition) is 4. The fourth-order valence-corrected chi connectivity index (χ4v) is 1.29. The van der Waals surface area contributed by atoms with Crippen LogP contribution in [0.3, 0.4) is 0 Å². The number of aliphatic hydroxyl groups excluding tert-OH is 1. The Balaban J connectivity index is 3.06. The maximum Gasteiger partial charge on any atom is 0.152 e. The third-order valence-corrected chi connectivity index (χ3v) is 2.68. The molecule has 0 saturated heterocycles. The number of rotatable bonds is 3. The quantitative estimate of drug-likeness (QED) is 0.825. The molecule has 0 aliphatic rings. The smallest absolute Gasteiger partial charge is 0.152 e. The number of anilines is 2. The van der Waals surface area contributed by atoms with Crippen molar-refractivity contribution in [2.75, 3.05) is 24.3 Å². The average molecular weight is 230 g/mol. The minimum atomic E-state index is -0.408. The van der Waals surface area contributed by atoms with Crippen LogP contribution in [0.1, 0.15) is 13.8 Å². The SMILES string of the molecule is CN(c1ncc(Cl)cc1N)C(C)(C)CO. The molecule has 5 heteroatoms. The number of nitrogens with two attached hydrogens (primary N) is 1. The highest BCUT2D eigenvalue weighted by atomic mass is 35.5. The van der Waals surface area contributed by atoms with Crippen LogP contribution < -0.4 is 10.6 Å². The Kier molecular flexibility index (Phi) is 3.42. The minimum Gasteiger partial charge on any atom is -0.396 e. The van der Waals surface area contributed by atoms with Crippen molar-refractivity contribution in [3.8, 4) is 0 Å². The van der Waals surface area contributed by atoms with E-state index in [1.54, 1.807) is 6.07 Å². The second-order valence-electron chi connectivity index (χ2n) is 4.10. The van der Waals surface area contributed by atoms with E-state index >= 15 is 0 Å². The van der Waals surface area contributed by atoms with Crippen molar-refractivity contribution in [3.05, 3.63) is 17.3 Å². The normalized spacial score (nSPS) is 11.5. The summed E-state index contributed by atoms with van der Waals surface area (Å²) in [7, 11) is 1.84. The minimum absolute atomic E-state index is 0.0211. The molecule has 0 bridgehead atoms. The van der Waals surface area contributed by atoms with E-state index in [0.29, 0.717) is 16.5 Å². The van der Waals surface area contributed by atoms with Crippen LogP contribution in [0.4, 0.5) is 11.5 Å². The molecule has 0 aliphatic carbocycles. The molecule has 0 fully saturated rings. The number of aliphatic hydroxyl groups is 1. The molecule has 0 amide bonds. The number of pyridine rings is 1. The van der Waals surface area contributed by atoms with E-state index in [4.69, 9.17) is 17.3 Å². The van der Waals surface area contributed by atoms with Gasteiger partial charge in [-0.3, -0.25) is 0 Å². The molecule has 84 valence electrons. The summed E-state index contributed by atoms with van der Waals surface area (Å²) < 4.78 is 0. The van der Waals surface area contributed by atoms with Gasteiger partial charge in [-0.15, -0.1) is 0 Å². The molecule has 0 atom stereocenters. The van der Waals surface area contributed by atoms with Crippen molar-refractivity contribution in [1.29, 1.82) is 0 Å². The molecule has 0 aliphatic heterocycles. The zero-order valence-corrected chi connectivity index (χ0v) is 9.91. The zero-order chi connectivity index (χ0) is 11.6. The lowest BCUT2D eigenvalue weighted by atomic mass is 10.1. The summed E-state index contributed by atoms with van der Waals surface area (Å²) >= 11 is 5.76. The third kappa shape index (κ3) is 2.52. The molecular weight excluding hydrogens is 214 g/mol. The molecule has 3 N–H and O–H groups in total. The Bertz CT molecular complexity index is 355. The van der Waals surface area contributed by atoms with Gasteiger partial charge in [-0.2, -0.15) is 0 Å². The van der Waals surface area contributed by atoms with Crippen LogP contribution in [0.2, 0.25) is 5.02 Å². The molecule has 15 heavy (non-hydrogen) atoms. The third-order valence-electron chi connectivity index (χ3n) is 2.47. The van der Waals surface area contributed by atoms with Crippen LogP contribution in [0.25, 0.3) is 0 Å². The van der Waals surface area contributed by atoms with Gasteiger partial charge >= 0.3 is 0 Å². The molecule has 1 aromatic rings. The van der Waals surface area contributed by atoms with Gasteiger partial charge in [0.05, 0.1) is 22.9 Å². The van der Waals surface area contributed by atoms with E-state index in [2.05, 4.69) is 4.98 Å². The first-order valence-corrected chi connectivity index (χ1v) is 5.02. The summed E-state index contributed by atoms with van der Waals surface area (Å²) in [5, 5.41) is 9.74. The summed E-state index contributed by atoms with van der Waals surface area (Å²) in [5.41, 5.74) is 5.90. The number of hydrogen-bond donors (Lipinski definition) is 2. The Labute approximate surface area is 94.7 Å². The van der Waals surface area contributed by atoms with Gasteiger partial charge in [-0.25, -0.2) is 4.98 Å². The highest BCUT2D eigenvalue weighted by molar-refractivity contribution is 6.30. The maximum absolute atomic E-state index is 9.23. The van der Waals surface area contributed by atoms with Crippen LogP contribution in [-0.2, 0) is 0 Å². The summed E-state index contributed by atoms with van der Waals surface area (Å²) in [5.74, 6) is 0.624. The van der Waals surface area contributed by atoms with Crippen molar-refractivity contribution in [2.45, 2.75) is 19.4 Å². The Morgan fingerprint density at radius 1 is 1.60 bits per heavy atom. The van der Waals surface area contributed by atoms with E-state index in [9.17, 15) is 5.11 Å². The lowest BCUT2D eigenvalue weighted by molar-refractivity contribution is 0.216. The molecule has 0 radical (unpaired) electrons. The molecule has 1 aromatic heterocycles. The van der Waals surface area contributed by atoms with E-state index in [1.165, 1.54) is 6.20 Å². The standard InChI is InChI=1S/C10H16ClN3O/c1-10(2,6-15)14(3)9-8(12)4-7(11)5-13-9/h4-5,15H,6,12H2,1-3H3. The van der Waals surface area contributed by atoms with Gasteiger partial charge in [0, 0.05) is 13.2 Å². The first kappa shape index (κ1) is 12.1. The predicted octanol–water partition coefficient (Wildman–Crippen LogP) is 1.52. The lowest BCUT2D eigenvalue weighted by Crippen LogP contribution is -2.45. The van der Waals surface area contributed by atoms with Gasteiger partial charge in [0.25, 0.3) is 0 Å². The predicted molar refractivity (Wildman–Crippen MR) is 63.2 cm³/mol. The second kappa shape index (κ2) is 4.24. The van der Waals surface area contributed by atoms with Gasteiger partial charge in [0.15, 0.2) is 5.82 Å². The lowest BCUT2D eigenvalue weighted by Gasteiger charge is -2.35. The van der Waals surface area contributed by atoms with Crippen molar-refractivity contribution in [2.24, 2.45) is 0 Å². The molecule has 0 unspecified atom stereocenters. The summed E-state index contributed by atoms with van der Waals surface area (Å²) in [6.45, 7) is 3.83. The molecular formula is C10H16ClN3O. The van der Waals surface area contributed by atoms with Crippen LogP contribution in [0, 0.1) is 0 Å². The van der Waals surface area contributed by atoms with Crippen LogP contribution in [0.5, 0.6) is 0 Å². The van der Waals surface area contributed by atoms with Crippen LogP contribution in [-0.4, -0.2) is 29.3 Å². The average Bonchev–Trinajstić information content (AvgIpc) is 2.17. The number of nitrogen functional groups attached to an aromatic ring is 1. The molecule has 1 rings (SSSR count). The summed E-state index contributed by atoms with van der Waals surface area (Å²) in [6, 6.07) is 1.65. The monoisotopic (exact) mass is 229 g/mol. The largest absolute Gasteiger partial charge is 0.396 e. The number of aromatic nitrogens is 1. The van der Waals surface area contributed by atoms with Crippen molar-refractivity contribution in [3.63, 3.8) is 0 Å². The van der Waals surface area contributed by atoms with Gasteiger partial charge in [-0.1, -0.05) is 11.6 Å². The van der Waals surface area contributed by atoms with Crippen molar-refractivity contribution >= 4 is 23.1 Å². The van der Waals surface area contributed by atoms with E-state index < -0.39 is 5.54 Å². The van der Waals surface area contributed by atoms with E-state index in [1.807, 2.05) is 25.8 Å². The fraction of sp³-hybridized carbons (Fsp3) is 0.500. The van der Waals surface area contributed by atoms with Gasteiger partial charge in [-0.05, 0) is 19.9 Å². The Hall–Kier alpha value is -1.00. The maximum atomic E-state index is 9.23. The summed E-state index contributed by atoms with van der Waals surface area (Å²) in [6.07, 6.45) is 1.54. The van der Waals surface area contributed by atoms with Crippen LogP contribution in [0.15, 0.2) is 12.3 Å². The topological polar surface area (TPSA) is 62.4 Å². The van der Waals surface area contributed by atoms with Gasteiger partial charge in [0.1, 0.15) is 0 Å². The Morgan fingerprint density at radius 2 is 2.20 bits per heavy atom. The Morgan fingerprint density at radius 3 is 2.67 bits per heavy atom. The number of likely N-dealkylation sites (N-methyl/N-ethyl adjacent to an activating group) is 1. The number of halogens is 1. The van der Waals surface area contributed by atoms with E-state index in [-0.39, 0.29) is 6.61 Å². The van der Waals surface area contributed by atoms with Gasteiger partial charge < -0.3 is 15.7 Å². The zero-order valence-electron chi connectivity index (χ0n) is 9.16. The first-order valence-electron chi connectivity index (χ1n) is 4.64.